The molecule has 0 spiro atoms. The van der Waals surface area contributed by atoms with E-state index >= 15 is 0 Å². The number of anilines is 2. The highest BCUT2D eigenvalue weighted by Crippen LogP contribution is 2.28. The third-order valence-corrected chi connectivity index (χ3v) is 9.24. The number of hydrogen-bond acceptors (Lipinski definition) is 6. The van der Waals surface area contributed by atoms with Crippen LogP contribution >= 0.6 is 11.3 Å². The predicted octanol–water partition coefficient (Wildman–Crippen LogP) is 8.78. The summed E-state index contributed by atoms with van der Waals surface area (Å²) >= 11 is 1.47. The fraction of sp³-hybridized carbons (Fsp3) is 0.395. The van der Waals surface area contributed by atoms with Crippen LogP contribution in [0.25, 0.3) is 11.3 Å². The van der Waals surface area contributed by atoms with Crippen molar-refractivity contribution in [1.82, 2.24) is 9.88 Å². The summed E-state index contributed by atoms with van der Waals surface area (Å²) in [5.41, 5.74) is 7.58. The van der Waals surface area contributed by atoms with E-state index in [9.17, 15) is 14.7 Å². The summed E-state index contributed by atoms with van der Waals surface area (Å²) in [7, 11) is 0. The molecule has 8 heteroatoms. The van der Waals surface area contributed by atoms with E-state index in [-0.39, 0.29) is 25.5 Å². The number of carbonyl (C=O) groups excluding carboxylic acids is 1. The molecule has 46 heavy (non-hydrogen) atoms. The van der Waals surface area contributed by atoms with E-state index in [1.165, 1.54) is 33.7 Å². The number of hydrogen-bond donors (Lipinski definition) is 2. The first-order chi connectivity index (χ1) is 22.1. The third kappa shape index (κ3) is 9.74. The lowest BCUT2D eigenvalue weighted by molar-refractivity contribution is -0.138. The van der Waals surface area contributed by atoms with Crippen LogP contribution in [0.3, 0.4) is 0 Å². The first-order valence-electron chi connectivity index (χ1n) is 16.3. The molecular formula is C38H48N4O3S. The second-order valence-corrected chi connectivity index (χ2v) is 13.5. The average Bonchev–Trinajstić information content (AvgIpc) is 3.49. The minimum Gasteiger partial charge on any atom is -0.480 e. The van der Waals surface area contributed by atoms with Crippen LogP contribution in [0.4, 0.5) is 11.4 Å². The second-order valence-electron chi connectivity index (χ2n) is 12.5. The molecule has 4 aromatic rings. The molecule has 0 aliphatic rings. The number of aromatic nitrogens is 1. The van der Waals surface area contributed by atoms with Crippen LogP contribution in [-0.2, 0) is 22.7 Å². The molecule has 3 aromatic carbocycles. The maximum atomic E-state index is 12.8. The number of carbonyl (C=O) groups is 2. The Morgan fingerprint density at radius 1 is 0.826 bits per heavy atom. The van der Waals surface area contributed by atoms with Gasteiger partial charge in [0.05, 0.1) is 25.3 Å². The Balaban J connectivity index is 1.38. The normalized spacial score (nSPS) is 11.5. The van der Waals surface area contributed by atoms with Gasteiger partial charge in [-0.25, -0.2) is 4.98 Å². The van der Waals surface area contributed by atoms with Crippen molar-refractivity contribution >= 4 is 34.6 Å². The number of carboxylic acid groups (broad SMARTS) is 1. The highest BCUT2D eigenvalue weighted by molar-refractivity contribution is 7.09. The van der Waals surface area contributed by atoms with E-state index in [1.807, 2.05) is 29.6 Å². The zero-order valence-corrected chi connectivity index (χ0v) is 28.8. The van der Waals surface area contributed by atoms with Crippen molar-refractivity contribution in [2.45, 2.75) is 85.4 Å². The van der Waals surface area contributed by atoms with E-state index in [0.717, 1.165) is 35.7 Å². The van der Waals surface area contributed by atoms with Gasteiger partial charge >= 0.3 is 5.97 Å². The Bertz CT molecular complexity index is 1540. The summed E-state index contributed by atoms with van der Waals surface area (Å²) in [6.07, 6.45) is 2.31. The fourth-order valence-electron chi connectivity index (χ4n) is 5.67. The van der Waals surface area contributed by atoms with Crippen LogP contribution in [0.5, 0.6) is 0 Å². The molecule has 0 aliphatic heterocycles. The lowest BCUT2D eigenvalue weighted by Gasteiger charge is -2.30. The van der Waals surface area contributed by atoms with Crippen LogP contribution in [0.2, 0.25) is 0 Å². The molecule has 0 unspecified atom stereocenters. The highest BCUT2D eigenvalue weighted by Gasteiger charge is 2.18. The molecule has 1 aromatic heterocycles. The Kier molecular flexibility index (Phi) is 12.5. The van der Waals surface area contributed by atoms with E-state index in [1.54, 1.807) is 4.90 Å². The minimum atomic E-state index is -0.987. The lowest BCUT2D eigenvalue weighted by Crippen LogP contribution is -2.36. The number of nitrogens with one attached hydrogen (secondary N) is 1. The maximum absolute atomic E-state index is 12.8. The largest absolute Gasteiger partial charge is 0.480 e. The van der Waals surface area contributed by atoms with Gasteiger partial charge in [0.1, 0.15) is 5.01 Å². The molecular weight excluding hydrogens is 593 g/mol. The lowest BCUT2D eigenvalue weighted by atomic mass is 9.94. The Morgan fingerprint density at radius 2 is 1.46 bits per heavy atom. The van der Waals surface area contributed by atoms with Crippen LogP contribution in [0.15, 0.2) is 78.2 Å². The first kappa shape index (κ1) is 34.9. The molecule has 0 radical (unpaired) electrons. The van der Waals surface area contributed by atoms with Crippen LogP contribution in [0.1, 0.15) is 87.9 Å². The van der Waals surface area contributed by atoms with Gasteiger partial charge in [-0.05, 0) is 79.5 Å². The SMILES string of the molecule is CCC(CC)c1ccc(N(Cc2ccc(-c3csc(CN(CC(=O)O)CC(=O)Nc4ccc(C(C)C)cc4)n3)cc2)C(C)C)cc1. The van der Waals surface area contributed by atoms with Gasteiger partial charge in [0, 0.05) is 34.9 Å². The third-order valence-electron chi connectivity index (χ3n) is 8.41. The van der Waals surface area contributed by atoms with Crippen LogP contribution in [-0.4, -0.2) is 46.0 Å². The van der Waals surface area contributed by atoms with Gasteiger partial charge in [-0.1, -0.05) is 76.2 Å². The van der Waals surface area contributed by atoms with Gasteiger partial charge in [-0.3, -0.25) is 14.5 Å². The molecule has 0 fully saturated rings. The van der Waals surface area contributed by atoms with E-state index < -0.39 is 5.97 Å². The molecule has 2 N–H and O–H groups in total. The smallest absolute Gasteiger partial charge is 0.317 e. The number of amides is 1. The van der Waals surface area contributed by atoms with Gasteiger partial charge in [0.15, 0.2) is 0 Å². The Labute approximate surface area is 278 Å². The predicted molar refractivity (Wildman–Crippen MR) is 191 cm³/mol. The highest BCUT2D eigenvalue weighted by atomic mass is 32.1. The number of nitrogens with zero attached hydrogens (tertiary/aromatic N) is 3. The van der Waals surface area contributed by atoms with Crippen molar-refractivity contribution < 1.29 is 14.7 Å². The summed E-state index contributed by atoms with van der Waals surface area (Å²) in [6, 6.07) is 25.6. The minimum absolute atomic E-state index is 0.0469. The maximum Gasteiger partial charge on any atom is 0.317 e. The Morgan fingerprint density at radius 3 is 2.02 bits per heavy atom. The topological polar surface area (TPSA) is 85.8 Å². The zero-order valence-electron chi connectivity index (χ0n) is 28.0. The molecule has 0 saturated carbocycles. The second kappa shape index (κ2) is 16.5. The monoisotopic (exact) mass is 640 g/mol. The summed E-state index contributed by atoms with van der Waals surface area (Å²) in [6.45, 7) is 14.0. The average molecular weight is 641 g/mol. The van der Waals surface area contributed by atoms with Crippen molar-refractivity contribution in [2.24, 2.45) is 0 Å². The van der Waals surface area contributed by atoms with E-state index in [2.05, 4.69) is 100 Å². The standard InChI is InChI=1S/C38H48N4O3S/c1-7-29(8-2)31-15-19-34(20-16-31)42(27(5)6)21-28-9-11-32(12-10-28)35-25-46-37(40-35)23-41(24-38(44)45)22-36(43)39-33-17-13-30(14-18-33)26(3)4/h9-20,25-27,29H,7-8,21-24H2,1-6H3,(H,39,43)(H,44,45). The van der Waals surface area contributed by atoms with Crippen molar-refractivity contribution in [1.29, 1.82) is 0 Å². The number of rotatable bonds is 16. The Hall–Kier alpha value is -4.01. The van der Waals surface area contributed by atoms with Crippen molar-refractivity contribution in [3.05, 3.63) is 99.9 Å². The fourth-order valence-corrected chi connectivity index (χ4v) is 6.51. The molecule has 0 bridgehead atoms. The molecule has 0 atom stereocenters. The number of benzene rings is 3. The number of aliphatic carboxylic acids is 1. The van der Waals surface area contributed by atoms with E-state index in [0.29, 0.717) is 23.6 Å². The summed E-state index contributed by atoms with van der Waals surface area (Å²) in [4.78, 5) is 33.2. The molecule has 0 aliphatic carbocycles. The summed E-state index contributed by atoms with van der Waals surface area (Å²) in [5.74, 6) is -0.236. The molecule has 1 heterocycles. The van der Waals surface area contributed by atoms with Crippen molar-refractivity contribution in [3.8, 4) is 11.3 Å². The van der Waals surface area contributed by atoms with E-state index in [4.69, 9.17) is 4.98 Å². The van der Waals surface area contributed by atoms with Gasteiger partial charge < -0.3 is 15.3 Å². The first-order valence-corrected chi connectivity index (χ1v) is 17.2. The summed E-state index contributed by atoms with van der Waals surface area (Å²) < 4.78 is 0. The van der Waals surface area contributed by atoms with Crippen molar-refractivity contribution in [2.75, 3.05) is 23.3 Å². The molecule has 4 rings (SSSR count). The number of carboxylic acids is 1. The van der Waals surface area contributed by atoms with Gasteiger partial charge in [-0.2, -0.15) is 0 Å². The number of thiazole rings is 1. The van der Waals surface area contributed by atoms with Crippen LogP contribution < -0.4 is 10.2 Å². The molecule has 7 nitrogen and oxygen atoms in total. The quantitative estimate of drug-likeness (QED) is 0.127. The molecule has 244 valence electrons. The van der Waals surface area contributed by atoms with Gasteiger partial charge in [0.25, 0.3) is 0 Å². The molecule has 1 amide bonds. The van der Waals surface area contributed by atoms with Crippen LogP contribution in [0, 0.1) is 0 Å². The van der Waals surface area contributed by atoms with Gasteiger partial charge in [-0.15, -0.1) is 11.3 Å². The molecule has 0 saturated heterocycles. The summed E-state index contributed by atoms with van der Waals surface area (Å²) in [5, 5.41) is 15.1. The zero-order chi connectivity index (χ0) is 33.2. The van der Waals surface area contributed by atoms with Gasteiger partial charge in [0.2, 0.25) is 5.91 Å². The van der Waals surface area contributed by atoms with Crippen molar-refractivity contribution in [3.63, 3.8) is 0 Å².